The summed E-state index contributed by atoms with van der Waals surface area (Å²) in [6.45, 7) is 3.29. The minimum absolute atomic E-state index is 0.0477. The Morgan fingerprint density at radius 2 is 2.04 bits per heavy atom. The monoisotopic (exact) mass is 363 g/mol. The Balaban J connectivity index is 2.22. The first kappa shape index (κ1) is 17.7. The molecule has 1 amide bonds. The number of ether oxygens (including phenoxy) is 1. The van der Waals surface area contributed by atoms with E-state index in [-0.39, 0.29) is 18.8 Å². The molecule has 0 bridgehead atoms. The number of carbonyl (C=O) groups is 2. The third kappa shape index (κ3) is 3.66. The zero-order chi connectivity index (χ0) is 17.4. The van der Waals surface area contributed by atoms with Gasteiger partial charge in [-0.3, -0.25) is 9.48 Å². The summed E-state index contributed by atoms with van der Waals surface area (Å²) >= 11 is 6.04. The molecule has 0 unspecified atom stereocenters. The molecule has 1 fully saturated rings. The van der Waals surface area contributed by atoms with Crippen molar-refractivity contribution in [1.82, 2.24) is 14.7 Å². The van der Waals surface area contributed by atoms with Crippen LogP contribution in [0.15, 0.2) is 0 Å². The average Bonchev–Trinajstić information content (AvgIpc) is 2.72. The van der Waals surface area contributed by atoms with Crippen LogP contribution in [0.4, 0.5) is 0 Å². The molecule has 0 radical (unpaired) electrons. The molecule has 0 aliphatic carbocycles. The van der Waals surface area contributed by atoms with Crippen LogP contribution in [0.3, 0.4) is 0 Å². The van der Waals surface area contributed by atoms with Crippen LogP contribution in [0, 0.1) is 13.8 Å². The van der Waals surface area contributed by atoms with Crippen LogP contribution in [0.2, 0.25) is 5.02 Å². The van der Waals surface area contributed by atoms with E-state index in [1.807, 2.05) is 0 Å². The van der Waals surface area contributed by atoms with Crippen LogP contribution in [0.25, 0.3) is 0 Å². The predicted octanol–water partition coefficient (Wildman–Crippen LogP) is -0.0481. The number of sulfone groups is 1. The molecule has 1 saturated heterocycles. The van der Waals surface area contributed by atoms with Gasteiger partial charge in [0.25, 0.3) is 0 Å². The van der Waals surface area contributed by atoms with E-state index in [0.29, 0.717) is 16.4 Å². The SMILES string of the molecule is COC(=O)[C@@H]1CS(=O)(=O)CCN1C(=O)Cn1nc(C)c(Cl)c1C. The van der Waals surface area contributed by atoms with Gasteiger partial charge in [-0.25, -0.2) is 13.2 Å². The zero-order valence-corrected chi connectivity index (χ0v) is 14.6. The van der Waals surface area contributed by atoms with Gasteiger partial charge in [-0.15, -0.1) is 0 Å². The molecule has 0 aromatic carbocycles. The maximum atomic E-state index is 12.5. The van der Waals surface area contributed by atoms with Crippen LogP contribution >= 0.6 is 11.6 Å². The van der Waals surface area contributed by atoms with Crippen LogP contribution in [-0.2, 0) is 30.7 Å². The molecule has 10 heteroatoms. The molecule has 8 nitrogen and oxygen atoms in total. The Labute approximate surface area is 139 Å². The number of hydrogen-bond acceptors (Lipinski definition) is 6. The van der Waals surface area contributed by atoms with Gasteiger partial charge in [0.15, 0.2) is 9.84 Å². The van der Waals surface area contributed by atoms with Crippen molar-refractivity contribution in [3.8, 4) is 0 Å². The highest BCUT2D eigenvalue weighted by Crippen LogP contribution is 2.20. The molecule has 2 rings (SSSR count). The molecule has 2 heterocycles. The highest BCUT2D eigenvalue weighted by atomic mass is 35.5. The van der Waals surface area contributed by atoms with Gasteiger partial charge in [-0.2, -0.15) is 5.10 Å². The van der Waals surface area contributed by atoms with E-state index in [4.69, 9.17) is 11.6 Å². The molecule has 0 N–H and O–H groups in total. The van der Waals surface area contributed by atoms with Crippen LogP contribution in [-0.4, -0.2) is 66.2 Å². The lowest BCUT2D eigenvalue weighted by molar-refractivity contribution is -0.152. The largest absolute Gasteiger partial charge is 0.467 e. The second-order valence-corrected chi connectivity index (χ2v) is 7.99. The normalized spacial score (nSPS) is 20.3. The first-order valence-electron chi connectivity index (χ1n) is 6.93. The van der Waals surface area contributed by atoms with Crippen molar-refractivity contribution in [2.24, 2.45) is 0 Å². The van der Waals surface area contributed by atoms with Gasteiger partial charge in [0.05, 0.1) is 35.0 Å². The number of methoxy groups -OCH3 is 1. The summed E-state index contributed by atoms with van der Waals surface area (Å²) in [5, 5.41) is 4.64. The molecule has 1 aliphatic heterocycles. The van der Waals surface area contributed by atoms with Crippen molar-refractivity contribution < 1.29 is 22.7 Å². The second-order valence-electron chi connectivity index (χ2n) is 5.38. The molecule has 1 atom stereocenters. The van der Waals surface area contributed by atoms with Gasteiger partial charge in [-0.05, 0) is 13.8 Å². The average molecular weight is 364 g/mol. The lowest BCUT2D eigenvalue weighted by Gasteiger charge is -2.33. The van der Waals surface area contributed by atoms with Gasteiger partial charge >= 0.3 is 5.97 Å². The van der Waals surface area contributed by atoms with E-state index in [1.165, 1.54) is 9.58 Å². The first-order valence-corrected chi connectivity index (χ1v) is 9.13. The minimum atomic E-state index is -3.38. The zero-order valence-electron chi connectivity index (χ0n) is 13.1. The van der Waals surface area contributed by atoms with E-state index >= 15 is 0 Å². The van der Waals surface area contributed by atoms with Crippen molar-refractivity contribution >= 4 is 33.3 Å². The topological polar surface area (TPSA) is 98.6 Å². The standard InChI is InChI=1S/C13H18ClN3O5S/c1-8-12(14)9(2)17(15-8)6-11(18)16-4-5-23(20,21)7-10(16)13(19)22-3/h10H,4-7H2,1-3H3/t10-/m0/s1. The van der Waals surface area contributed by atoms with E-state index in [9.17, 15) is 18.0 Å². The molecule has 1 aliphatic rings. The van der Waals surface area contributed by atoms with Crippen molar-refractivity contribution in [2.75, 3.05) is 25.2 Å². The molecule has 1 aromatic heterocycles. The number of halogens is 1. The number of aromatic nitrogens is 2. The fraction of sp³-hybridized carbons (Fsp3) is 0.615. The summed E-state index contributed by atoms with van der Waals surface area (Å²) in [5.41, 5.74) is 1.24. The summed E-state index contributed by atoms with van der Waals surface area (Å²) in [6.07, 6.45) is 0. The van der Waals surface area contributed by atoms with Gasteiger partial charge in [0.1, 0.15) is 12.6 Å². The Bertz CT molecular complexity index is 743. The fourth-order valence-electron chi connectivity index (χ4n) is 2.48. The molecule has 0 spiro atoms. The Kier molecular flexibility index (Phi) is 5.00. The summed E-state index contributed by atoms with van der Waals surface area (Å²) < 4.78 is 29.5. The van der Waals surface area contributed by atoms with Crippen molar-refractivity contribution in [2.45, 2.75) is 26.4 Å². The summed E-state index contributed by atoms with van der Waals surface area (Å²) in [6, 6.07) is -1.13. The Morgan fingerprint density at radius 1 is 1.39 bits per heavy atom. The highest BCUT2D eigenvalue weighted by molar-refractivity contribution is 7.91. The predicted molar refractivity (Wildman–Crippen MR) is 82.9 cm³/mol. The van der Waals surface area contributed by atoms with E-state index < -0.39 is 33.5 Å². The van der Waals surface area contributed by atoms with E-state index in [1.54, 1.807) is 13.8 Å². The van der Waals surface area contributed by atoms with Crippen LogP contribution in [0.5, 0.6) is 0 Å². The summed E-state index contributed by atoms with van der Waals surface area (Å²) in [7, 11) is -2.22. The van der Waals surface area contributed by atoms with Crippen molar-refractivity contribution in [3.63, 3.8) is 0 Å². The molecular formula is C13H18ClN3O5S. The van der Waals surface area contributed by atoms with Gasteiger partial charge < -0.3 is 9.64 Å². The molecule has 1 aromatic rings. The second kappa shape index (κ2) is 6.48. The van der Waals surface area contributed by atoms with Gasteiger partial charge in [0, 0.05) is 6.54 Å². The lowest BCUT2D eigenvalue weighted by atomic mass is 10.2. The first-order chi connectivity index (χ1) is 10.7. The van der Waals surface area contributed by atoms with Crippen molar-refractivity contribution in [3.05, 3.63) is 16.4 Å². The van der Waals surface area contributed by atoms with Crippen LogP contribution < -0.4 is 0 Å². The number of carbonyl (C=O) groups excluding carboxylic acids is 2. The molecular weight excluding hydrogens is 346 g/mol. The Morgan fingerprint density at radius 3 is 2.57 bits per heavy atom. The van der Waals surface area contributed by atoms with Crippen LogP contribution in [0.1, 0.15) is 11.4 Å². The lowest BCUT2D eigenvalue weighted by Crippen LogP contribution is -2.55. The number of amides is 1. The fourth-order valence-corrected chi connectivity index (χ4v) is 4.06. The number of esters is 1. The van der Waals surface area contributed by atoms with Gasteiger partial charge in [-0.1, -0.05) is 11.6 Å². The number of nitrogens with zero attached hydrogens (tertiary/aromatic N) is 3. The maximum Gasteiger partial charge on any atom is 0.329 e. The Hall–Kier alpha value is -1.61. The molecule has 128 valence electrons. The van der Waals surface area contributed by atoms with Gasteiger partial charge in [0.2, 0.25) is 5.91 Å². The smallest absolute Gasteiger partial charge is 0.329 e. The number of rotatable bonds is 3. The van der Waals surface area contributed by atoms with E-state index in [0.717, 1.165) is 7.11 Å². The third-order valence-corrected chi connectivity index (χ3v) is 5.98. The molecule has 23 heavy (non-hydrogen) atoms. The number of hydrogen-bond donors (Lipinski definition) is 0. The minimum Gasteiger partial charge on any atom is -0.467 e. The summed E-state index contributed by atoms with van der Waals surface area (Å²) in [4.78, 5) is 25.6. The third-order valence-electron chi connectivity index (χ3n) is 3.80. The maximum absolute atomic E-state index is 12.5. The highest BCUT2D eigenvalue weighted by Gasteiger charge is 2.39. The molecule has 0 saturated carbocycles. The van der Waals surface area contributed by atoms with Crippen molar-refractivity contribution in [1.29, 1.82) is 0 Å². The quantitative estimate of drug-likeness (QED) is 0.698. The number of aryl methyl sites for hydroxylation is 1. The van der Waals surface area contributed by atoms with E-state index in [2.05, 4.69) is 9.84 Å². The summed E-state index contributed by atoms with van der Waals surface area (Å²) in [5.74, 6) is -1.75.